The van der Waals surface area contributed by atoms with Crippen LogP contribution >= 0.6 is 0 Å². The summed E-state index contributed by atoms with van der Waals surface area (Å²) in [5.41, 5.74) is 8.26. The standard InChI is InChI=1S/C26H33N3O4/c27-26(33)20-3-1-2-19(14-20)21-15-22-6-7-23(16-21)29(22)13-12-28(25(32)17-30)11-10-18-4-8-24(31)9-5-18/h1-5,8-9,14,21-23,30-31H,6-7,10-13,15-17H2,(H2,27,33). The van der Waals surface area contributed by atoms with Gasteiger partial charge in [-0.1, -0.05) is 24.3 Å². The Kier molecular flexibility index (Phi) is 7.30. The third kappa shape index (κ3) is 5.54. The molecule has 4 rings (SSSR count). The van der Waals surface area contributed by atoms with Crippen molar-refractivity contribution in [3.05, 3.63) is 65.2 Å². The quantitative estimate of drug-likeness (QED) is 0.542. The number of aliphatic hydroxyl groups is 1. The van der Waals surface area contributed by atoms with Crippen molar-refractivity contribution in [3.63, 3.8) is 0 Å². The molecule has 2 saturated heterocycles. The van der Waals surface area contributed by atoms with Gasteiger partial charge in [-0.25, -0.2) is 0 Å². The minimum atomic E-state index is -0.485. The van der Waals surface area contributed by atoms with Gasteiger partial charge >= 0.3 is 0 Å². The number of fused-ring (bicyclic) bond motifs is 2. The summed E-state index contributed by atoms with van der Waals surface area (Å²) in [6.07, 6.45) is 5.06. The second-order valence-electron chi connectivity index (χ2n) is 9.24. The minimum Gasteiger partial charge on any atom is -0.508 e. The summed E-state index contributed by atoms with van der Waals surface area (Å²) in [6.45, 7) is 1.44. The van der Waals surface area contributed by atoms with Crippen molar-refractivity contribution < 1.29 is 19.8 Å². The third-order valence-electron chi connectivity index (χ3n) is 7.25. The Balaban J connectivity index is 1.35. The fraction of sp³-hybridized carbons (Fsp3) is 0.462. The van der Waals surface area contributed by atoms with Gasteiger partial charge in [0, 0.05) is 37.3 Å². The summed E-state index contributed by atoms with van der Waals surface area (Å²) >= 11 is 0. The number of nitrogens with two attached hydrogens (primary N) is 1. The van der Waals surface area contributed by atoms with E-state index in [1.807, 2.05) is 24.3 Å². The lowest BCUT2D eigenvalue weighted by atomic mass is 9.84. The van der Waals surface area contributed by atoms with Gasteiger partial charge in [-0.2, -0.15) is 0 Å². The molecule has 0 saturated carbocycles. The van der Waals surface area contributed by atoms with Crippen LogP contribution in [-0.2, 0) is 11.2 Å². The molecule has 2 aromatic rings. The first-order valence-electron chi connectivity index (χ1n) is 11.8. The number of hydrogen-bond donors (Lipinski definition) is 3. The lowest BCUT2D eigenvalue weighted by Gasteiger charge is -2.40. The Morgan fingerprint density at radius 1 is 1.03 bits per heavy atom. The van der Waals surface area contributed by atoms with E-state index in [-0.39, 0.29) is 11.7 Å². The van der Waals surface area contributed by atoms with E-state index in [0.29, 0.717) is 43.1 Å². The number of hydrogen-bond acceptors (Lipinski definition) is 5. The summed E-state index contributed by atoms with van der Waals surface area (Å²) < 4.78 is 0. The van der Waals surface area contributed by atoms with Crippen molar-refractivity contribution in [2.45, 2.75) is 50.1 Å². The molecule has 7 nitrogen and oxygen atoms in total. The molecule has 2 fully saturated rings. The van der Waals surface area contributed by atoms with E-state index < -0.39 is 12.5 Å². The number of phenolic OH excluding ortho intramolecular Hbond substituents is 1. The number of carbonyl (C=O) groups is 2. The zero-order valence-electron chi connectivity index (χ0n) is 18.9. The van der Waals surface area contributed by atoms with Crippen molar-refractivity contribution in [3.8, 4) is 5.75 Å². The first-order valence-corrected chi connectivity index (χ1v) is 11.8. The maximum absolute atomic E-state index is 12.3. The van der Waals surface area contributed by atoms with Gasteiger partial charge in [-0.15, -0.1) is 0 Å². The van der Waals surface area contributed by atoms with Crippen LogP contribution in [0.4, 0.5) is 0 Å². The lowest BCUT2D eigenvalue weighted by Crippen LogP contribution is -2.47. The number of amides is 2. The number of aliphatic hydroxyl groups excluding tert-OH is 1. The molecule has 0 aromatic heterocycles. The average molecular weight is 452 g/mol. The maximum Gasteiger partial charge on any atom is 0.248 e. The molecule has 2 aliphatic rings. The number of piperidine rings is 1. The van der Waals surface area contributed by atoms with Crippen molar-refractivity contribution in [1.29, 1.82) is 0 Å². The van der Waals surface area contributed by atoms with Crippen LogP contribution in [0.1, 0.15) is 53.1 Å². The molecular formula is C26H33N3O4. The number of rotatable bonds is 9. The van der Waals surface area contributed by atoms with Crippen LogP contribution in [0.5, 0.6) is 5.75 Å². The normalized spacial score (nSPS) is 22.3. The molecule has 7 heteroatoms. The fourth-order valence-electron chi connectivity index (χ4n) is 5.48. The van der Waals surface area contributed by atoms with E-state index in [0.717, 1.165) is 37.8 Å². The molecule has 0 spiro atoms. The van der Waals surface area contributed by atoms with Crippen LogP contribution in [0, 0.1) is 0 Å². The van der Waals surface area contributed by atoms with Crippen LogP contribution < -0.4 is 5.73 Å². The third-order valence-corrected chi connectivity index (χ3v) is 7.25. The summed E-state index contributed by atoms with van der Waals surface area (Å²) in [6, 6.07) is 15.7. The summed E-state index contributed by atoms with van der Waals surface area (Å²) in [5, 5.41) is 18.9. The molecule has 4 N–H and O–H groups in total. The highest BCUT2D eigenvalue weighted by atomic mass is 16.3. The predicted octanol–water partition coefficient (Wildman–Crippen LogP) is 2.27. The largest absolute Gasteiger partial charge is 0.508 e. The number of primary amides is 1. The molecule has 0 aliphatic carbocycles. The highest BCUT2D eigenvalue weighted by Gasteiger charge is 2.41. The molecule has 0 radical (unpaired) electrons. The van der Waals surface area contributed by atoms with Crippen molar-refractivity contribution in [1.82, 2.24) is 9.80 Å². The Hall–Kier alpha value is -2.90. The molecule has 176 valence electrons. The van der Waals surface area contributed by atoms with Gasteiger partial charge in [0.05, 0.1) is 0 Å². The maximum atomic E-state index is 12.3. The number of benzene rings is 2. The van der Waals surface area contributed by atoms with Gasteiger partial charge in [-0.3, -0.25) is 14.5 Å². The number of phenols is 1. The first-order chi connectivity index (χ1) is 15.9. The smallest absolute Gasteiger partial charge is 0.248 e. The van der Waals surface area contributed by atoms with Crippen LogP contribution in [0.2, 0.25) is 0 Å². The first kappa shape index (κ1) is 23.3. The second-order valence-corrected chi connectivity index (χ2v) is 9.24. The van der Waals surface area contributed by atoms with Crippen LogP contribution in [0.3, 0.4) is 0 Å². The number of nitrogens with zero attached hydrogens (tertiary/aromatic N) is 2. The van der Waals surface area contributed by atoms with Gasteiger partial charge in [0.1, 0.15) is 12.4 Å². The molecule has 2 unspecified atom stereocenters. The van der Waals surface area contributed by atoms with E-state index in [9.17, 15) is 19.8 Å². The molecule has 2 atom stereocenters. The van der Waals surface area contributed by atoms with Crippen LogP contribution in [0.15, 0.2) is 48.5 Å². The lowest BCUT2D eigenvalue weighted by molar-refractivity contribution is -0.134. The zero-order valence-corrected chi connectivity index (χ0v) is 18.9. The molecule has 2 aromatic carbocycles. The summed E-state index contributed by atoms with van der Waals surface area (Å²) in [7, 11) is 0. The molecule has 2 heterocycles. The predicted molar refractivity (Wildman–Crippen MR) is 126 cm³/mol. The number of aromatic hydroxyl groups is 1. The van der Waals surface area contributed by atoms with E-state index in [1.165, 1.54) is 5.56 Å². The Morgan fingerprint density at radius 3 is 2.36 bits per heavy atom. The minimum absolute atomic E-state index is 0.224. The van der Waals surface area contributed by atoms with Crippen molar-refractivity contribution in [2.24, 2.45) is 5.73 Å². The van der Waals surface area contributed by atoms with E-state index in [1.54, 1.807) is 23.1 Å². The van der Waals surface area contributed by atoms with Gasteiger partial charge in [-0.05, 0) is 73.4 Å². The van der Waals surface area contributed by atoms with Crippen LogP contribution in [-0.4, -0.2) is 70.2 Å². The van der Waals surface area contributed by atoms with Gasteiger partial charge in [0.2, 0.25) is 11.8 Å². The number of carbonyl (C=O) groups excluding carboxylic acids is 2. The fourth-order valence-corrected chi connectivity index (χ4v) is 5.48. The molecule has 2 amide bonds. The molecular weight excluding hydrogens is 418 g/mol. The van der Waals surface area contributed by atoms with Crippen molar-refractivity contribution >= 4 is 11.8 Å². The highest BCUT2D eigenvalue weighted by Crippen LogP contribution is 2.43. The SMILES string of the molecule is NC(=O)c1cccc(C2CC3CCC(C2)N3CCN(CCc2ccc(O)cc2)C(=O)CO)c1. The molecule has 33 heavy (non-hydrogen) atoms. The van der Waals surface area contributed by atoms with E-state index in [4.69, 9.17) is 5.73 Å². The second kappa shape index (κ2) is 10.4. The summed E-state index contributed by atoms with van der Waals surface area (Å²) in [5.74, 6) is 0.00229. The van der Waals surface area contributed by atoms with Crippen molar-refractivity contribution in [2.75, 3.05) is 26.2 Å². The topological polar surface area (TPSA) is 107 Å². The molecule has 2 bridgehead atoms. The zero-order chi connectivity index (χ0) is 23.4. The Labute approximate surface area is 194 Å². The molecule has 2 aliphatic heterocycles. The van der Waals surface area contributed by atoms with Gasteiger partial charge in [0.25, 0.3) is 0 Å². The highest BCUT2D eigenvalue weighted by molar-refractivity contribution is 5.92. The average Bonchev–Trinajstić information content (AvgIpc) is 3.06. The Morgan fingerprint density at radius 2 is 1.73 bits per heavy atom. The van der Waals surface area contributed by atoms with Gasteiger partial charge in [0.15, 0.2) is 0 Å². The Bertz CT molecular complexity index is 964. The van der Waals surface area contributed by atoms with E-state index >= 15 is 0 Å². The monoisotopic (exact) mass is 451 g/mol. The van der Waals surface area contributed by atoms with E-state index in [2.05, 4.69) is 11.0 Å². The van der Waals surface area contributed by atoms with Crippen LogP contribution in [0.25, 0.3) is 0 Å². The summed E-state index contributed by atoms with van der Waals surface area (Å²) in [4.78, 5) is 28.2. The van der Waals surface area contributed by atoms with Gasteiger partial charge < -0.3 is 20.8 Å².